The summed E-state index contributed by atoms with van der Waals surface area (Å²) in [5.41, 5.74) is 1.31. The van der Waals surface area contributed by atoms with Crippen LogP contribution in [0.3, 0.4) is 0 Å². The summed E-state index contributed by atoms with van der Waals surface area (Å²) in [5, 5.41) is 3.84. The lowest BCUT2D eigenvalue weighted by molar-refractivity contribution is -0.694. The van der Waals surface area contributed by atoms with Crippen molar-refractivity contribution in [2.24, 2.45) is 0 Å². The van der Waals surface area contributed by atoms with Crippen LogP contribution in [0, 0.1) is 0 Å². The molecule has 25 heavy (non-hydrogen) atoms. The summed E-state index contributed by atoms with van der Waals surface area (Å²) < 4.78 is 4.12. The van der Waals surface area contributed by atoms with Gasteiger partial charge < -0.3 is 0 Å². The van der Waals surface area contributed by atoms with Gasteiger partial charge >= 0.3 is 0 Å². The van der Waals surface area contributed by atoms with Gasteiger partial charge in [0, 0.05) is 6.42 Å². The third-order valence-corrected chi connectivity index (χ3v) is 5.55. The number of aromatic nitrogens is 2. The molecule has 0 saturated heterocycles. The van der Waals surface area contributed by atoms with Gasteiger partial charge in [-0.3, -0.25) is 0 Å². The molecule has 1 heterocycles. The maximum absolute atomic E-state index is 6.43. The third kappa shape index (κ3) is 4.56. The van der Waals surface area contributed by atoms with Crippen molar-refractivity contribution in [2.75, 3.05) is 0 Å². The van der Waals surface area contributed by atoms with E-state index in [1.165, 1.54) is 35.6 Å². The molecule has 0 N–H and O–H groups in total. The Hall–Kier alpha value is -1.51. The molecule has 0 radical (unpaired) electrons. The third-order valence-electron chi connectivity index (χ3n) is 4.66. The van der Waals surface area contributed by atoms with E-state index in [1.807, 2.05) is 0 Å². The van der Waals surface area contributed by atoms with Crippen LogP contribution in [0.1, 0.15) is 38.2 Å². The molecule has 0 saturated carbocycles. The van der Waals surface area contributed by atoms with Gasteiger partial charge in [0.25, 0.3) is 10.3 Å². The number of hydrogen-bond donors (Lipinski definition) is 0. The second-order valence-corrected chi connectivity index (χ2v) is 7.29. The number of fused-ring (bicyclic) bond motifs is 1. The highest BCUT2D eigenvalue weighted by atomic mass is 35.5. The highest BCUT2D eigenvalue weighted by Crippen LogP contribution is 2.20. The van der Waals surface area contributed by atoms with Crippen LogP contribution < -0.4 is 4.57 Å². The van der Waals surface area contributed by atoms with Gasteiger partial charge in [-0.15, -0.1) is 0 Å². The normalized spacial score (nSPS) is 11.3. The van der Waals surface area contributed by atoms with Crippen molar-refractivity contribution in [1.82, 2.24) is 4.57 Å². The van der Waals surface area contributed by atoms with E-state index in [1.54, 1.807) is 0 Å². The zero-order chi connectivity index (χ0) is 17.6. The van der Waals surface area contributed by atoms with Crippen LogP contribution >= 0.6 is 23.2 Å². The number of benzene rings is 2. The standard InChI is InChI=1S/C21H25Cl2N2/c1-2-3-4-7-13-24-16-25(21(23)20(24)22)14-12-17-10-11-18-8-5-6-9-19(18)15-17/h5-6,8-11,15-16H,2-4,7,12-14H2,1H3/q+1. The Balaban J connectivity index is 1.65. The maximum atomic E-state index is 6.43. The van der Waals surface area contributed by atoms with Gasteiger partial charge in [0.1, 0.15) is 0 Å². The predicted octanol–water partition coefficient (Wildman–Crippen LogP) is 6.06. The van der Waals surface area contributed by atoms with Gasteiger partial charge in [0.05, 0.1) is 13.1 Å². The van der Waals surface area contributed by atoms with E-state index in [-0.39, 0.29) is 0 Å². The SMILES string of the molecule is CCCCCC[n+]1cn(CCc2ccc3ccccc3c2)c(Cl)c1Cl. The molecule has 4 heteroatoms. The minimum atomic E-state index is 0.637. The fraction of sp³-hybridized carbons (Fsp3) is 0.381. The fourth-order valence-corrected chi connectivity index (χ4v) is 3.64. The largest absolute Gasteiger partial charge is 0.255 e. The van der Waals surface area contributed by atoms with Gasteiger partial charge in [0.15, 0.2) is 0 Å². The smallest absolute Gasteiger partial charge is 0.219 e. The summed E-state index contributed by atoms with van der Waals surface area (Å²) in [6.45, 7) is 3.99. The van der Waals surface area contributed by atoms with Crippen LogP contribution in [0.4, 0.5) is 0 Å². The maximum Gasteiger partial charge on any atom is 0.255 e. The first kappa shape index (κ1) is 18.3. The minimum Gasteiger partial charge on any atom is -0.219 e. The average Bonchev–Trinajstić information content (AvgIpc) is 2.91. The first-order valence-electron chi connectivity index (χ1n) is 9.10. The first-order chi connectivity index (χ1) is 12.2. The van der Waals surface area contributed by atoms with Gasteiger partial charge in [-0.25, -0.2) is 9.13 Å². The molecule has 0 aliphatic rings. The first-order valence-corrected chi connectivity index (χ1v) is 9.86. The van der Waals surface area contributed by atoms with Gasteiger partial charge in [0.2, 0.25) is 6.33 Å². The number of unbranched alkanes of at least 4 members (excludes halogenated alkanes) is 3. The van der Waals surface area contributed by atoms with Gasteiger partial charge in [-0.1, -0.05) is 62.2 Å². The molecule has 0 aliphatic carbocycles. The van der Waals surface area contributed by atoms with Crippen LogP contribution in [-0.4, -0.2) is 4.57 Å². The van der Waals surface area contributed by atoms with Crippen molar-refractivity contribution in [1.29, 1.82) is 0 Å². The molecular formula is C21H25Cl2N2+. The zero-order valence-electron chi connectivity index (χ0n) is 14.7. The molecule has 3 aromatic rings. The van der Waals surface area contributed by atoms with Crippen LogP contribution in [0.25, 0.3) is 10.8 Å². The van der Waals surface area contributed by atoms with Crippen LogP contribution in [0.5, 0.6) is 0 Å². The van der Waals surface area contributed by atoms with E-state index in [9.17, 15) is 0 Å². The van der Waals surface area contributed by atoms with Crippen molar-refractivity contribution < 1.29 is 4.57 Å². The summed E-state index contributed by atoms with van der Waals surface area (Å²) in [5.74, 6) is 0. The second kappa shape index (κ2) is 8.73. The van der Waals surface area contributed by atoms with Crippen LogP contribution in [-0.2, 0) is 19.5 Å². The van der Waals surface area contributed by atoms with Crippen molar-refractivity contribution in [2.45, 2.75) is 52.1 Å². The monoisotopic (exact) mass is 375 g/mol. The summed E-state index contributed by atoms with van der Waals surface area (Å²) in [6, 6.07) is 15.1. The average molecular weight is 376 g/mol. The molecule has 0 unspecified atom stereocenters. The Morgan fingerprint density at radius 2 is 1.76 bits per heavy atom. The van der Waals surface area contributed by atoms with Crippen molar-refractivity contribution in [3.05, 3.63) is 64.7 Å². The number of aryl methyl sites for hydroxylation is 3. The molecule has 0 atom stereocenters. The minimum absolute atomic E-state index is 0.637. The molecular weight excluding hydrogens is 351 g/mol. The molecule has 0 fully saturated rings. The van der Waals surface area contributed by atoms with Gasteiger partial charge in [-0.2, -0.15) is 0 Å². The molecule has 2 aromatic carbocycles. The molecule has 2 nitrogen and oxygen atoms in total. The number of imidazole rings is 1. The second-order valence-electron chi connectivity index (χ2n) is 6.58. The molecule has 132 valence electrons. The van der Waals surface area contributed by atoms with Crippen LogP contribution in [0.2, 0.25) is 10.3 Å². The van der Waals surface area contributed by atoms with Crippen molar-refractivity contribution in [3.63, 3.8) is 0 Å². The zero-order valence-corrected chi connectivity index (χ0v) is 16.2. The van der Waals surface area contributed by atoms with E-state index >= 15 is 0 Å². The molecule has 1 aromatic heterocycles. The lowest BCUT2D eigenvalue weighted by atomic mass is 10.1. The number of hydrogen-bond acceptors (Lipinski definition) is 0. The lowest BCUT2D eigenvalue weighted by Gasteiger charge is -2.03. The van der Waals surface area contributed by atoms with E-state index < -0.39 is 0 Å². The molecule has 0 spiro atoms. The lowest BCUT2D eigenvalue weighted by Crippen LogP contribution is -2.32. The molecule has 0 aliphatic heterocycles. The number of rotatable bonds is 8. The van der Waals surface area contributed by atoms with E-state index in [0.717, 1.165) is 25.9 Å². The van der Waals surface area contributed by atoms with Crippen LogP contribution in [0.15, 0.2) is 48.8 Å². The Kier molecular flexibility index (Phi) is 6.39. The van der Waals surface area contributed by atoms with Crippen molar-refractivity contribution >= 4 is 34.0 Å². The summed E-state index contributed by atoms with van der Waals surface area (Å²) in [7, 11) is 0. The Bertz CT molecular complexity index is 839. The van der Waals surface area contributed by atoms with E-state index in [2.05, 4.69) is 64.8 Å². The van der Waals surface area contributed by atoms with E-state index in [0.29, 0.717) is 10.3 Å². The van der Waals surface area contributed by atoms with Crippen molar-refractivity contribution in [3.8, 4) is 0 Å². The summed E-state index contributed by atoms with van der Waals surface area (Å²) >= 11 is 12.8. The number of halogens is 2. The van der Waals surface area contributed by atoms with E-state index in [4.69, 9.17) is 23.2 Å². The van der Waals surface area contributed by atoms with Gasteiger partial charge in [-0.05, 0) is 52.4 Å². The molecule has 3 rings (SSSR count). The fourth-order valence-electron chi connectivity index (χ4n) is 3.17. The Morgan fingerprint density at radius 1 is 0.960 bits per heavy atom. The predicted molar refractivity (Wildman–Crippen MR) is 106 cm³/mol. The quantitative estimate of drug-likeness (QED) is 0.334. The highest BCUT2D eigenvalue weighted by Gasteiger charge is 2.19. The topological polar surface area (TPSA) is 8.81 Å². The summed E-state index contributed by atoms with van der Waals surface area (Å²) in [4.78, 5) is 0. The number of nitrogens with zero attached hydrogens (tertiary/aromatic N) is 2. The summed E-state index contributed by atoms with van der Waals surface area (Å²) in [6.07, 6.45) is 7.88. The Labute approximate surface area is 160 Å². The Morgan fingerprint density at radius 3 is 2.56 bits per heavy atom. The molecule has 0 bridgehead atoms. The molecule has 0 amide bonds. The highest BCUT2D eigenvalue weighted by molar-refractivity contribution is 6.39.